The maximum Gasteiger partial charge on any atom is 0.178 e. The smallest absolute Gasteiger partial charge is 0.178 e. The zero-order chi connectivity index (χ0) is 20.9. The average molecular weight is 399 g/mol. The SMILES string of the molecule is [c-]1c(N(c2ccccc2)c2cccc(-c3ccccc3)n2)ccc[n+]1-c1ccccc1. The molecule has 0 aliphatic carbocycles. The third-order valence-corrected chi connectivity index (χ3v) is 5.05. The first kappa shape index (κ1) is 18.8. The highest BCUT2D eigenvalue weighted by atomic mass is 15.2. The van der Waals surface area contributed by atoms with Crippen LogP contribution in [0.15, 0.2) is 128 Å². The maximum atomic E-state index is 5.00. The fraction of sp³-hybridized carbons (Fsp3) is 0. The van der Waals surface area contributed by atoms with Gasteiger partial charge in [-0.2, -0.15) is 0 Å². The van der Waals surface area contributed by atoms with Gasteiger partial charge in [-0.15, -0.1) is 6.07 Å². The van der Waals surface area contributed by atoms with Crippen LogP contribution < -0.4 is 9.47 Å². The van der Waals surface area contributed by atoms with Crippen LogP contribution in [0.5, 0.6) is 0 Å². The van der Waals surface area contributed by atoms with E-state index in [-0.39, 0.29) is 0 Å². The molecule has 2 aromatic heterocycles. The van der Waals surface area contributed by atoms with Crippen molar-refractivity contribution < 1.29 is 4.57 Å². The van der Waals surface area contributed by atoms with Crippen LogP contribution in [-0.2, 0) is 0 Å². The van der Waals surface area contributed by atoms with Crippen LogP contribution in [0.1, 0.15) is 0 Å². The lowest BCUT2D eigenvalue weighted by Gasteiger charge is -2.25. The Morgan fingerprint density at radius 2 is 1.29 bits per heavy atom. The van der Waals surface area contributed by atoms with E-state index in [1.54, 1.807) is 0 Å². The van der Waals surface area contributed by atoms with E-state index in [0.717, 1.165) is 34.1 Å². The molecule has 0 radical (unpaired) electrons. The first-order valence-corrected chi connectivity index (χ1v) is 10.3. The van der Waals surface area contributed by atoms with Crippen LogP contribution >= 0.6 is 0 Å². The Labute approximate surface area is 182 Å². The molecule has 0 saturated heterocycles. The van der Waals surface area contributed by atoms with Gasteiger partial charge in [-0.1, -0.05) is 78.9 Å². The van der Waals surface area contributed by atoms with E-state index in [1.165, 1.54) is 0 Å². The zero-order valence-electron chi connectivity index (χ0n) is 17.0. The number of para-hydroxylation sites is 2. The van der Waals surface area contributed by atoms with Crippen LogP contribution in [0.3, 0.4) is 0 Å². The number of benzene rings is 3. The van der Waals surface area contributed by atoms with E-state index < -0.39 is 0 Å². The van der Waals surface area contributed by atoms with Gasteiger partial charge in [0.2, 0.25) is 0 Å². The second kappa shape index (κ2) is 8.64. The zero-order valence-corrected chi connectivity index (χ0v) is 17.0. The average Bonchev–Trinajstić information content (AvgIpc) is 2.86. The highest BCUT2D eigenvalue weighted by Crippen LogP contribution is 2.33. The van der Waals surface area contributed by atoms with Crippen molar-refractivity contribution in [2.24, 2.45) is 0 Å². The molecule has 3 aromatic carbocycles. The van der Waals surface area contributed by atoms with Gasteiger partial charge in [-0.25, -0.2) is 4.98 Å². The molecular formula is C28H21N3. The fourth-order valence-corrected chi connectivity index (χ4v) is 3.57. The third-order valence-electron chi connectivity index (χ3n) is 5.05. The number of rotatable bonds is 5. The highest BCUT2D eigenvalue weighted by molar-refractivity contribution is 5.74. The quantitative estimate of drug-likeness (QED) is 0.255. The van der Waals surface area contributed by atoms with Crippen molar-refractivity contribution in [3.8, 4) is 16.9 Å². The molecule has 0 fully saturated rings. The molecule has 2 heterocycles. The molecule has 0 amide bonds. The van der Waals surface area contributed by atoms with E-state index in [9.17, 15) is 0 Å². The largest absolute Gasteiger partial charge is 0.307 e. The minimum absolute atomic E-state index is 0.842. The lowest BCUT2D eigenvalue weighted by atomic mass is 10.1. The first-order chi connectivity index (χ1) is 15.4. The summed E-state index contributed by atoms with van der Waals surface area (Å²) in [5.74, 6) is 0.842. The van der Waals surface area contributed by atoms with Gasteiger partial charge in [-0.05, 0) is 36.4 Å². The Morgan fingerprint density at radius 1 is 0.613 bits per heavy atom. The van der Waals surface area contributed by atoms with E-state index in [1.807, 2.05) is 83.6 Å². The van der Waals surface area contributed by atoms with E-state index in [2.05, 4.69) is 59.6 Å². The van der Waals surface area contributed by atoms with Gasteiger partial charge in [0, 0.05) is 16.9 Å². The second-order valence-corrected chi connectivity index (χ2v) is 7.13. The molecule has 0 aliphatic heterocycles. The van der Waals surface area contributed by atoms with Gasteiger partial charge >= 0.3 is 0 Å². The molecule has 0 N–H and O–H groups in total. The monoisotopic (exact) mass is 399 g/mol. The number of nitrogens with zero attached hydrogens (tertiary/aromatic N) is 3. The Bertz CT molecular complexity index is 1190. The van der Waals surface area contributed by atoms with Gasteiger partial charge in [0.25, 0.3) is 0 Å². The van der Waals surface area contributed by atoms with E-state index in [4.69, 9.17) is 4.98 Å². The van der Waals surface area contributed by atoms with Gasteiger partial charge in [0.1, 0.15) is 11.5 Å². The number of aromatic nitrogens is 2. The number of hydrogen-bond donors (Lipinski definition) is 0. The standard InChI is InChI=1S/C28H21N3/c1-4-12-23(13-5-1)27-19-10-20-28(29-27)31(25-16-8-3-9-17-25)26-18-11-21-30(22-26)24-14-6-2-7-15-24/h1-21H. The molecule has 148 valence electrons. The van der Waals surface area contributed by atoms with E-state index >= 15 is 0 Å². The van der Waals surface area contributed by atoms with Crippen LogP contribution in [-0.4, -0.2) is 4.98 Å². The van der Waals surface area contributed by atoms with Crippen LogP contribution in [0.25, 0.3) is 16.9 Å². The third kappa shape index (κ3) is 4.07. The topological polar surface area (TPSA) is 20.0 Å². The summed E-state index contributed by atoms with van der Waals surface area (Å²) in [5, 5.41) is 0. The molecular weight excluding hydrogens is 378 g/mol. The molecule has 0 aliphatic rings. The molecule has 0 bridgehead atoms. The number of hydrogen-bond acceptors (Lipinski definition) is 2. The Balaban J connectivity index is 1.63. The summed E-state index contributed by atoms with van der Waals surface area (Å²) in [6.07, 6.45) is 5.53. The molecule has 0 spiro atoms. The van der Waals surface area contributed by atoms with Gasteiger partial charge in [-0.3, -0.25) is 4.57 Å². The van der Waals surface area contributed by atoms with Crippen LogP contribution in [0.2, 0.25) is 0 Å². The highest BCUT2D eigenvalue weighted by Gasteiger charge is 2.15. The summed E-state index contributed by atoms with van der Waals surface area (Å²) in [7, 11) is 0. The van der Waals surface area contributed by atoms with Crippen LogP contribution in [0, 0.1) is 6.20 Å². The van der Waals surface area contributed by atoms with Crippen molar-refractivity contribution >= 4 is 17.2 Å². The van der Waals surface area contributed by atoms with Crippen molar-refractivity contribution in [2.45, 2.75) is 0 Å². The predicted molar refractivity (Wildman–Crippen MR) is 125 cm³/mol. The molecule has 5 aromatic rings. The minimum atomic E-state index is 0.842. The number of anilines is 3. The summed E-state index contributed by atoms with van der Waals surface area (Å²) < 4.78 is 2.01. The summed E-state index contributed by atoms with van der Waals surface area (Å²) >= 11 is 0. The van der Waals surface area contributed by atoms with Gasteiger partial charge in [0.05, 0.1) is 11.9 Å². The molecule has 3 nitrogen and oxygen atoms in total. The summed E-state index contributed by atoms with van der Waals surface area (Å²) in [6.45, 7) is 0. The van der Waals surface area contributed by atoms with Gasteiger partial charge < -0.3 is 4.90 Å². The van der Waals surface area contributed by atoms with Crippen molar-refractivity contribution in [3.63, 3.8) is 0 Å². The molecule has 0 atom stereocenters. The normalized spacial score (nSPS) is 10.6. The Morgan fingerprint density at radius 3 is 2.03 bits per heavy atom. The van der Waals surface area contributed by atoms with Crippen molar-refractivity contribution in [2.75, 3.05) is 4.90 Å². The second-order valence-electron chi connectivity index (χ2n) is 7.13. The van der Waals surface area contributed by atoms with E-state index in [0.29, 0.717) is 0 Å². The predicted octanol–water partition coefficient (Wildman–Crippen LogP) is 6.30. The molecule has 5 rings (SSSR count). The molecule has 3 heteroatoms. The molecule has 0 unspecified atom stereocenters. The first-order valence-electron chi connectivity index (χ1n) is 10.3. The molecule has 31 heavy (non-hydrogen) atoms. The lowest BCUT2D eigenvalue weighted by Crippen LogP contribution is -2.31. The summed E-state index contributed by atoms with van der Waals surface area (Å²) in [4.78, 5) is 7.13. The number of pyridine rings is 2. The minimum Gasteiger partial charge on any atom is -0.307 e. The maximum absolute atomic E-state index is 5.00. The lowest BCUT2D eigenvalue weighted by molar-refractivity contribution is -0.599. The Kier molecular flexibility index (Phi) is 5.23. The van der Waals surface area contributed by atoms with Crippen molar-refractivity contribution in [1.82, 2.24) is 4.98 Å². The Hall–Kier alpha value is -4.24. The molecule has 0 saturated carbocycles. The van der Waals surface area contributed by atoms with Crippen LogP contribution in [0.4, 0.5) is 17.2 Å². The fourth-order valence-electron chi connectivity index (χ4n) is 3.57. The van der Waals surface area contributed by atoms with Gasteiger partial charge in [0.15, 0.2) is 6.20 Å². The van der Waals surface area contributed by atoms with Crippen molar-refractivity contribution in [1.29, 1.82) is 0 Å². The van der Waals surface area contributed by atoms with Crippen molar-refractivity contribution in [3.05, 3.63) is 134 Å². The summed E-state index contributed by atoms with van der Waals surface area (Å²) in [5.41, 5.74) is 5.03. The summed E-state index contributed by atoms with van der Waals surface area (Å²) in [6, 6.07) is 41.0.